The van der Waals surface area contributed by atoms with Crippen molar-refractivity contribution in [1.82, 2.24) is 4.90 Å². The molecule has 0 unspecified atom stereocenters. The Hall–Kier alpha value is -2.52. The van der Waals surface area contributed by atoms with Crippen LogP contribution in [0.25, 0.3) is 6.08 Å². The zero-order valence-corrected chi connectivity index (χ0v) is 22.8. The number of rotatable bonds is 8. The van der Waals surface area contributed by atoms with E-state index in [0.29, 0.717) is 45.3 Å². The van der Waals surface area contributed by atoms with Crippen LogP contribution in [0.2, 0.25) is 10.0 Å². The Labute approximate surface area is 230 Å². The summed E-state index contributed by atoms with van der Waals surface area (Å²) in [5.41, 5.74) is 2.06. The fraction of sp³-hybridized carbons (Fsp3) is 0.154. The van der Waals surface area contributed by atoms with Crippen LogP contribution in [-0.2, 0) is 17.9 Å². The van der Waals surface area contributed by atoms with Gasteiger partial charge in [0, 0.05) is 10.0 Å². The van der Waals surface area contributed by atoms with E-state index in [9.17, 15) is 14.0 Å². The molecule has 3 aromatic carbocycles. The number of carbonyl (C=O) groups excluding carboxylic acids is 2. The van der Waals surface area contributed by atoms with Gasteiger partial charge in [-0.05, 0) is 93.8 Å². The quantitative estimate of drug-likeness (QED) is 0.241. The highest BCUT2D eigenvalue weighted by Crippen LogP contribution is 2.40. The van der Waals surface area contributed by atoms with Gasteiger partial charge in [-0.1, -0.05) is 41.4 Å². The van der Waals surface area contributed by atoms with Crippen LogP contribution in [0.15, 0.2) is 64.0 Å². The summed E-state index contributed by atoms with van der Waals surface area (Å²) in [6.07, 6.45) is 1.62. The molecular weight excluding hydrogens is 592 g/mol. The molecule has 5 nitrogen and oxygen atoms in total. The number of halogens is 4. The van der Waals surface area contributed by atoms with Gasteiger partial charge in [-0.25, -0.2) is 4.39 Å². The Morgan fingerprint density at radius 1 is 1.06 bits per heavy atom. The highest BCUT2D eigenvalue weighted by Gasteiger charge is 2.35. The molecule has 10 heteroatoms. The van der Waals surface area contributed by atoms with Crippen LogP contribution in [0.5, 0.6) is 11.5 Å². The van der Waals surface area contributed by atoms with Crippen LogP contribution in [-0.4, -0.2) is 22.7 Å². The number of ether oxygens (including phenoxy) is 2. The number of imide groups is 1. The second-order valence-electron chi connectivity index (χ2n) is 7.68. The molecule has 1 aliphatic heterocycles. The summed E-state index contributed by atoms with van der Waals surface area (Å²) < 4.78 is 25.8. The molecule has 1 saturated heterocycles. The van der Waals surface area contributed by atoms with Crippen LogP contribution in [0.1, 0.15) is 23.6 Å². The van der Waals surface area contributed by atoms with E-state index in [-0.39, 0.29) is 16.5 Å². The predicted molar refractivity (Wildman–Crippen MR) is 144 cm³/mol. The molecule has 1 heterocycles. The molecule has 0 atom stereocenters. The summed E-state index contributed by atoms with van der Waals surface area (Å²) in [4.78, 5) is 26.9. The lowest BCUT2D eigenvalue weighted by molar-refractivity contribution is -0.123. The lowest BCUT2D eigenvalue weighted by atomic mass is 10.1. The van der Waals surface area contributed by atoms with E-state index < -0.39 is 17.0 Å². The van der Waals surface area contributed by atoms with Crippen molar-refractivity contribution in [3.8, 4) is 11.5 Å². The lowest BCUT2D eigenvalue weighted by Gasteiger charge is -2.15. The number of carbonyl (C=O) groups is 2. The average molecular weight is 611 g/mol. The summed E-state index contributed by atoms with van der Waals surface area (Å²) in [7, 11) is 0. The van der Waals surface area contributed by atoms with Gasteiger partial charge >= 0.3 is 0 Å². The number of benzene rings is 3. The first-order valence-corrected chi connectivity index (χ1v) is 13.1. The first kappa shape index (κ1) is 26.5. The van der Waals surface area contributed by atoms with Crippen molar-refractivity contribution < 1.29 is 23.5 Å². The smallest absolute Gasteiger partial charge is 0.293 e. The maximum absolute atomic E-state index is 13.3. The van der Waals surface area contributed by atoms with Gasteiger partial charge < -0.3 is 9.47 Å². The van der Waals surface area contributed by atoms with E-state index in [1.54, 1.807) is 30.3 Å². The molecule has 1 fully saturated rings. The standard InChI is InChI=1S/C26H19BrCl2FNO4S/c1-2-34-22-10-16(9-20(27)24(22)35-14-15-3-6-18(28)7-4-15)11-23-25(32)31(26(33)36-23)13-17-5-8-19(30)12-21(17)29/h3-12H,2,13-14H2,1H3/b23-11+. The molecule has 0 saturated carbocycles. The van der Waals surface area contributed by atoms with Crippen LogP contribution < -0.4 is 9.47 Å². The van der Waals surface area contributed by atoms with Crippen molar-refractivity contribution in [3.05, 3.63) is 96.5 Å². The van der Waals surface area contributed by atoms with E-state index in [1.165, 1.54) is 12.1 Å². The SMILES string of the molecule is CCOc1cc(/C=C2/SC(=O)N(Cc3ccc(F)cc3Cl)C2=O)cc(Br)c1OCc1ccc(Cl)cc1. The Morgan fingerprint density at radius 3 is 2.50 bits per heavy atom. The lowest BCUT2D eigenvalue weighted by Crippen LogP contribution is -2.27. The van der Waals surface area contributed by atoms with Gasteiger partial charge in [0.2, 0.25) is 0 Å². The molecule has 186 valence electrons. The van der Waals surface area contributed by atoms with Crippen molar-refractivity contribution in [2.45, 2.75) is 20.1 Å². The molecule has 4 rings (SSSR count). The number of hydrogen-bond acceptors (Lipinski definition) is 5. The highest BCUT2D eigenvalue weighted by atomic mass is 79.9. The number of nitrogens with zero attached hydrogens (tertiary/aromatic N) is 1. The van der Waals surface area contributed by atoms with Crippen LogP contribution in [0.3, 0.4) is 0 Å². The van der Waals surface area contributed by atoms with Gasteiger partial charge in [-0.3, -0.25) is 14.5 Å². The Balaban J connectivity index is 1.55. The van der Waals surface area contributed by atoms with Crippen molar-refractivity contribution >= 4 is 68.1 Å². The van der Waals surface area contributed by atoms with E-state index in [1.807, 2.05) is 19.1 Å². The summed E-state index contributed by atoms with van der Waals surface area (Å²) >= 11 is 16.4. The molecule has 0 N–H and O–H groups in total. The fourth-order valence-corrected chi connectivity index (χ4v) is 5.18. The molecule has 0 radical (unpaired) electrons. The minimum absolute atomic E-state index is 0.0491. The summed E-state index contributed by atoms with van der Waals surface area (Å²) in [5.74, 6) is 0.0593. The third kappa shape index (κ3) is 6.24. The second-order valence-corrected chi connectivity index (χ2v) is 10.4. The Morgan fingerprint density at radius 2 is 1.81 bits per heavy atom. The van der Waals surface area contributed by atoms with Gasteiger partial charge in [-0.15, -0.1) is 0 Å². The minimum atomic E-state index is -0.492. The molecule has 36 heavy (non-hydrogen) atoms. The van der Waals surface area contributed by atoms with Gasteiger partial charge in [0.05, 0.1) is 22.5 Å². The summed E-state index contributed by atoms with van der Waals surface area (Å²) in [6.45, 7) is 2.52. The van der Waals surface area contributed by atoms with E-state index in [2.05, 4.69) is 15.9 Å². The van der Waals surface area contributed by atoms with Crippen LogP contribution in [0, 0.1) is 5.82 Å². The number of hydrogen-bond donors (Lipinski definition) is 0. The van der Waals surface area contributed by atoms with Gasteiger partial charge in [-0.2, -0.15) is 0 Å². The molecule has 2 amide bonds. The minimum Gasteiger partial charge on any atom is -0.490 e. The predicted octanol–water partition coefficient (Wildman–Crippen LogP) is 8.11. The van der Waals surface area contributed by atoms with Crippen LogP contribution in [0.4, 0.5) is 9.18 Å². The van der Waals surface area contributed by atoms with Crippen molar-refractivity contribution in [2.75, 3.05) is 6.61 Å². The highest BCUT2D eigenvalue weighted by molar-refractivity contribution is 9.10. The Kier molecular flexibility index (Phi) is 8.62. The molecule has 1 aliphatic rings. The zero-order chi connectivity index (χ0) is 25.8. The van der Waals surface area contributed by atoms with Gasteiger partial charge in [0.1, 0.15) is 12.4 Å². The molecule has 0 aliphatic carbocycles. The molecule has 3 aromatic rings. The van der Waals surface area contributed by atoms with Crippen molar-refractivity contribution in [2.24, 2.45) is 0 Å². The number of amides is 2. The average Bonchev–Trinajstić information content (AvgIpc) is 3.08. The monoisotopic (exact) mass is 609 g/mol. The molecule has 0 spiro atoms. The van der Waals surface area contributed by atoms with Crippen molar-refractivity contribution in [1.29, 1.82) is 0 Å². The topological polar surface area (TPSA) is 55.8 Å². The Bertz CT molecular complexity index is 1350. The first-order valence-electron chi connectivity index (χ1n) is 10.8. The largest absolute Gasteiger partial charge is 0.490 e. The van der Waals surface area contributed by atoms with Gasteiger partial charge in [0.25, 0.3) is 11.1 Å². The second kappa shape index (κ2) is 11.7. The summed E-state index contributed by atoms with van der Waals surface area (Å²) in [5, 5.41) is 0.362. The molecular formula is C26H19BrCl2FNO4S. The van der Waals surface area contributed by atoms with E-state index >= 15 is 0 Å². The van der Waals surface area contributed by atoms with Crippen molar-refractivity contribution in [3.63, 3.8) is 0 Å². The van der Waals surface area contributed by atoms with Crippen LogP contribution >= 0.6 is 50.9 Å². The van der Waals surface area contributed by atoms with Gasteiger partial charge in [0.15, 0.2) is 11.5 Å². The maximum Gasteiger partial charge on any atom is 0.293 e. The number of thioether (sulfide) groups is 1. The third-order valence-corrected chi connectivity index (χ3v) is 7.24. The zero-order valence-electron chi connectivity index (χ0n) is 18.9. The van der Waals surface area contributed by atoms with E-state index in [0.717, 1.165) is 28.3 Å². The summed E-state index contributed by atoms with van der Waals surface area (Å²) in [6, 6.07) is 14.7. The third-order valence-electron chi connectivity index (χ3n) is 5.14. The fourth-order valence-electron chi connectivity index (χ4n) is 3.42. The maximum atomic E-state index is 13.3. The first-order chi connectivity index (χ1) is 17.2. The molecule has 0 aromatic heterocycles. The normalized spacial score (nSPS) is 14.6. The molecule has 0 bridgehead atoms. The van der Waals surface area contributed by atoms with E-state index in [4.69, 9.17) is 32.7 Å².